The third kappa shape index (κ3) is 3.77. The standard InChI is InChI=1S/C22H21Cl2NO4S/c1-28-14-4-3-12(18(7-14)29-2)9-25-6-5-15-17(23)8-16(20(24)19(15)22(25)27)21(26)13-10-30-11-13/h3-4,7-8,13H,5-6,9-11H2,1-2H3. The minimum Gasteiger partial charge on any atom is -0.497 e. The lowest BCUT2D eigenvalue weighted by Gasteiger charge is -2.31. The lowest BCUT2D eigenvalue weighted by atomic mass is 9.92. The summed E-state index contributed by atoms with van der Waals surface area (Å²) in [5, 5.41) is 0.646. The number of carbonyl (C=O) groups is 2. The van der Waals surface area contributed by atoms with Crippen molar-refractivity contribution in [2.45, 2.75) is 13.0 Å². The summed E-state index contributed by atoms with van der Waals surface area (Å²) in [5.74, 6) is 2.56. The second-order valence-corrected chi connectivity index (χ2v) is 9.19. The second kappa shape index (κ2) is 8.69. The van der Waals surface area contributed by atoms with Gasteiger partial charge in [0.1, 0.15) is 11.5 Å². The van der Waals surface area contributed by atoms with Gasteiger partial charge in [0.05, 0.1) is 24.8 Å². The fourth-order valence-electron chi connectivity index (χ4n) is 3.76. The maximum atomic E-state index is 13.3. The Bertz CT molecular complexity index is 1020. The van der Waals surface area contributed by atoms with Gasteiger partial charge < -0.3 is 14.4 Å². The van der Waals surface area contributed by atoms with Crippen LogP contribution in [0.5, 0.6) is 11.5 Å². The minimum absolute atomic E-state index is 0.0369. The molecule has 1 amide bonds. The number of hydrogen-bond donors (Lipinski definition) is 0. The van der Waals surface area contributed by atoms with Crippen LogP contribution in [0.3, 0.4) is 0 Å². The van der Waals surface area contributed by atoms with Crippen molar-refractivity contribution in [3.63, 3.8) is 0 Å². The smallest absolute Gasteiger partial charge is 0.256 e. The van der Waals surface area contributed by atoms with E-state index in [4.69, 9.17) is 32.7 Å². The first-order valence-electron chi connectivity index (χ1n) is 9.57. The van der Waals surface area contributed by atoms with E-state index in [1.807, 2.05) is 12.1 Å². The first-order chi connectivity index (χ1) is 14.4. The summed E-state index contributed by atoms with van der Waals surface area (Å²) in [6, 6.07) is 7.12. The third-order valence-corrected chi connectivity index (χ3v) is 7.59. The minimum atomic E-state index is -0.223. The van der Waals surface area contributed by atoms with Gasteiger partial charge in [-0.05, 0) is 30.2 Å². The first-order valence-corrected chi connectivity index (χ1v) is 11.5. The van der Waals surface area contributed by atoms with Crippen LogP contribution in [0.2, 0.25) is 10.0 Å². The number of ether oxygens (including phenoxy) is 2. The molecule has 0 unspecified atom stereocenters. The Morgan fingerprint density at radius 3 is 2.60 bits per heavy atom. The number of thioether (sulfide) groups is 1. The Labute approximate surface area is 189 Å². The van der Waals surface area contributed by atoms with Crippen molar-refractivity contribution in [2.24, 2.45) is 5.92 Å². The fraction of sp³-hybridized carbons (Fsp3) is 0.364. The van der Waals surface area contributed by atoms with E-state index >= 15 is 0 Å². The predicted molar refractivity (Wildman–Crippen MR) is 120 cm³/mol. The summed E-state index contributed by atoms with van der Waals surface area (Å²) in [6.45, 7) is 0.862. The monoisotopic (exact) mass is 465 g/mol. The zero-order valence-corrected chi connectivity index (χ0v) is 19.0. The average molecular weight is 466 g/mol. The molecule has 0 aliphatic carbocycles. The molecule has 8 heteroatoms. The summed E-state index contributed by atoms with van der Waals surface area (Å²) >= 11 is 14.8. The van der Waals surface area contributed by atoms with Gasteiger partial charge in [0.25, 0.3) is 5.91 Å². The zero-order chi connectivity index (χ0) is 21.4. The Morgan fingerprint density at radius 2 is 1.97 bits per heavy atom. The van der Waals surface area contributed by atoms with Gasteiger partial charge >= 0.3 is 0 Å². The fourth-order valence-corrected chi connectivity index (χ4v) is 5.18. The largest absolute Gasteiger partial charge is 0.497 e. The van der Waals surface area contributed by atoms with Crippen molar-refractivity contribution in [3.05, 3.63) is 56.6 Å². The van der Waals surface area contributed by atoms with Crippen molar-refractivity contribution in [1.82, 2.24) is 4.90 Å². The molecular weight excluding hydrogens is 445 g/mol. The summed E-state index contributed by atoms with van der Waals surface area (Å²) in [5.41, 5.74) is 2.27. The Hall–Kier alpha value is -1.89. The molecule has 0 atom stereocenters. The van der Waals surface area contributed by atoms with Crippen molar-refractivity contribution < 1.29 is 19.1 Å². The van der Waals surface area contributed by atoms with Crippen LogP contribution in [0.25, 0.3) is 0 Å². The molecule has 0 saturated carbocycles. The molecule has 0 aromatic heterocycles. The summed E-state index contributed by atoms with van der Waals surface area (Å²) < 4.78 is 10.7. The van der Waals surface area contributed by atoms with E-state index in [1.54, 1.807) is 43.0 Å². The summed E-state index contributed by atoms with van der Waals surface area (Å²) in [4.78, 5) is 27.9. The van der Waals surface area contributed by atoms with E-state index in [1.165, 1.54) is 0 Å². The molecule has 0 radical (unpaired) electrons. The van der Waals surface area contributed by atoms with E-state index < -0.39 is 0 Å². The highest BCUT2D eigenvalue weighted by Gasteiger charge is 2.34. The molecule has 30 heavy (non-hydrogen) atoms. The molecule has 2 aliphatic rings. The molecule has 2 aromatic rings. The number of nitrogens with zero attached hydrogens (tertiary/aromatic N) is 1. The van der Waals surface area contributed by atoms with E-state index in [9.17, 15) is 9.59 Å². The molecule has 1 saturated heterocycles. The number of hydrogen-bond acceptors (Lipinski definition) is 5. The van der Waals surface area contributed by atoms with Crippen LogP contribution >= 0.6 is 35.0 Å². The Balaban J connectivity index is 1.66. The van der Waals surface area contributed by atoms with Crippen molar-refractivity contribution >= 4 is 46.7 Å². The van der Waals surface area contributed by atoms with Crippen molar-refractivity contribution in [2.75, 3.05) is 32.3 Å². The van der Waals surface area contributed by atoms with Crippen LogP contribution in [0.1, 0.15) is 31.8 Å². The SMILES string of the molecule is COc1ccc(CN2CCc3c(Cl)cc(C(=O)C4CSC4)c(Cl)c3C2=O)c(OC)c1. The van der Waals surface area contributed by atoms with Crippen molar-refractivity contribution in [1.29, 1.82) is 0 Å². The number of Topliss-reactive ketones (excluding diaryl/α,β-unsaturated/α-hetero) is 1. The normalized spacial score (nSPS) is 16.1. The molecule has 0 N–H and O–H groups in total. The highest BCUT2D eigenvalue weighted by Crippen LogP contribution is 2.38. The first kappa shape index (κ1) is 21.3. The molecular formula is C22H21Cl2NO4S. The maximum absolute atomic E-state index is 13.3. The highest BCUT2D eigenvalue weighted by molar-refractivity contribution is 8.00. The number of ketones is 1. The molecule has 0 bridgehead atoms. The van der Waals surface area contributed by atoms with Gasteiger partial charge in [0, 0.05) is 52.7 Å². The number of amides is 1. The quantitative estimate of drug-likeness (QED) is 0.575. The van der Waals surface area contributed by atoms with E-state index in [0.717, 1.165) is 17.1 Å². The second-order valence-electron chi connectivity index (χ2n) is 7.33. The molecule has 4 rings (SSSR count). The van der Waals surface area contributed by atoms with Crippen LogP contribution in [0.15, 0.2) is 24.3 Å². The Kier molecular flexibility index (Phi) is 6.19. The molecule has 2 aliphatic heterocycles. The lowest BCUT2D eigenvalue weighted by Crippen LogP contribution is -2.38. The predicted octanol–water partition coefficient (Wildman–Crippen LogP) is 4.75. The van der Waals surface area contributed by atoms with Gasteiger partial charge in [0.2, 0.25) is 0 Å². The molecule has 2 heterocycles. The van der Waals surface area contributed by atoms with Crippen LogP contribution in [0.4, 0.5) is 0 Å². The van der Waals surface area contributed by atoms with Gasteiger partial charge in [0.15, 0.2) is 5.78 Å². The summed E-state index contributed by atoms with van der Waals surface area (Å²) in [7, 11) is 3.17. The number of methoxy groups -OCH3 is 2. The highest BCUT2D eigenvalue weighted by atomic mass is 35.5. The lowest BCUT2D eigenvalue weighted by molar-refractivity contribution is 0.0726. The zero-order valence-electron chi connectivity index (χ0n) is 16.7. The van der Waals surface area contributed by atoms with Gasteiger partial charge in [-0.1, -0.05) is 23.2 Å². The van der Waals surface area contributed by atoms with Crippen LogP contribution in [-0.4, -0.2) is 48.9 Å². The van der Waals surface area contributed by atoms with Crippen molar-refractivity contribution in [3.8, 4) is 11.5 Å². The number of carbonyl (C=O) groups excluding carboxylic acids is 2. The van der Waals surface area contributed by atoms with E-state index in [0.29, 0.717) is 52.7 Å². The topological polar surface area (TPSA) is 55.8 Å². The van der Waals surface area contributed by atoms with Crippen LogP contribution in [0, 0.1) is 5.92 Å². The van der Waals surface area contributed by atoms with Gasteiger partial charge in [-0.15, -0.1) is 0 Å². The van der Waals surface area contributed by atoms with Crippen LogP contribution < -0.4 is 9.47 Å². The third-order valence-electron chi connectivity index (χ3n) is 5.58. The van der Waals surface area contributed by atoms with Gasteiger partial charge in [-0.25, -0.2) is 0 Å². The summed E-state index contributed by atoms with van der Waals surface area (Å²) in [6.07, 6.45) is 0.575. The van der Waals surface area contributed by atoms with E-state index in [2.05, 4.69) is 0 Å². The number of benzene rings is 2. The maximum Gasteiger partial charge on any atom is 0.256 e. The molecule has 2 aromatic carbocycles. The number of halogens is 2. The van der Waals surface area contributed by atoms with E-state index in [-0.39, 0.29) is 22.6 Å². The molecule has 5 nitrogen and oxygen atoms in total. The Morgan fingerprint density at radius 1 is 1.20 bits per heavy atom. The van der Waals surface area contributed by atoms with Crippen LogP contribution in [-0.2, 0) is 13.0 Å². The molecule has 158 valence electrons. The average Bonchev–Trinajstić information content (AvgIpc) is 2.70. The molecule has 0 spiro atoms. The van der Waals surface area contributed by atoms with Gasteiger partial charge in [-0.3, -0.25) is 9.59 Å². The number of rotatable bonds is 6. The molecule has 1 fully saturated rings. The van der Waals surface area contributed by atoms with Gasteiger partial charge in [-0.2, -0.15) is 11.8 Å². The number of fused-ring (bicyclic) bond motifs is 1.